The molecule has 1 aromatic carbocycles. The average molecular weight is 380 g/mol. The molecule has 1 heterocycles. The van der Waals surface area contributed by atoms with E-state index in [0.717, 1.165) is 29.4 Å². The molecule has 1 aromatic rings. The van der Waals surface area contributed by atoms with Crippen molar-refractivity contribution in [3.8, 4) is 0 Å². The van der Waals surface area contributed by atoms with E-state index < -0.39 is 0 Å². The van der Waals surface area contributed by atoms with Crippen LogP contribution in [0.5, 0.6) is 0 Å². The lowest BCUT2D eigenvalue weighted by Crippen LogP contribution is -2.15. The van der Waals surface area contributed by atoms with Gasteiger partial charge >= 0.3 is 0 Å². The molecule has 3 nitrogen and oxygen atoms in total. The summed E-state index contributed by atoms with van der Waals surface area (Å²) in [4.78, 5) is 11.8. The van der Waals surface area contributed by atoms with Crippen LogP contribution in [0.3, 0.4) is 0 Å². The van der Waals surface area contributed by atoms with Crippen molar-refractivity contribution < 1.29 is 9.53 Å². The third-order valence-corrected chi connectivity index (χ3v) is 3.92. The third kappa shape index (κ3) is 4.10. The zero-order valence-electron chi connectivity index (χ0n) is 9.92. The smallest absolute Gasteiger partial charge is 0.224 e. The first-order valence-corrected chi connectivity index (χ1v) is 7.47. The van der Waals surface area contributed by atoms with E-state index in [0.29, 0.717) is 17.1 Å². The van der Waals surface area contributed by atoms with Crippen LogP contribution >= 0.6 is 34.2 Å². The second-order valence-electron chi connectivity index (χ2n) is 4.35. The number of ether oxygens (including phenoxy) is 1. The lowest BCUT2D eigenvalue weighted by Gasteiger charge is -2.10. The number of benzene rings is 1. The Kier molecular flexibility index (Phi) is 5.26. The Morgan fingerprint density at radius 3 is 3.11 bits per heavy atom. The summed E-state index contributed by atoms with van der Waals surface area (Å²) in [6.45, 7) is 0.828. The Hall–Kier alpha value is -0.330. The van der Waals surface area contributed by atoms with Crippen LogP contribution in [0.2, 0.25) is 5.02 Å². The van der Waals surface area contributed by atoms with Gasteiger partial charge in [0.15, 0.2) is 0 Å². The topological polar surface area (TPSA) is 38.3 Å². The van der Waals surface area contributed by atoms with Gasteiger partial charge in [0.05, 0.1) is 16.8 Å². The Labute approximate surface area is 125 Å². The summed E-state index contributed by atoms with van der Waals surface area (Å²) in [6.07, 6.45) is 3.69. The number of anilines is 1. The van der Waals surface area contributed by atoms with Crippen molar-refractivity contribution in [3.05, 3.63) is 26.8 Å². The number of nitrogens with one attached hydrogen (secondary N) is 1. The summed E-state index contributed by atoms with van der Waals surface area (Å²) in [5, 5.41) is 3.41. The Bertz CT molecular complexity index is 433. The largest absolute Gasteiger partial charge is 0.378 e. The van der Waals surface area contributed by atoms with E-state index in [9.17, 15) is 4.79 Å². The molecular weight excluding hydrogens is 365 g/mol. The van der Waals surface area contributed by atoms with Gasteiger partial charge in [-0.15, -0.1) is 0 Å². The number of carbonyl (C=O) groups is 1. The molecule has 1 unspecified atom stereocenters. The lowest BCUT2D eigenvalue weighted by atomic mass is 10.1. The first-order chi connectivity index (χ1) is 8.65. The van der Waals surface area contributed by atoms with E-state index in [4.69, 9.17) is 16.3 Å². The standard InChI is InChI=1S/C13H15ClINO2/c14-11-5-3-9(15)8-12(11)16-13(17)6-4-10-2-1-7-18-10/h3,5,8,10H,1-2,4,6-7H2,(H,16,17). The quantitative estimate of drug-likeness (QED) is 0.807. The van der Waals surface area contributed by atoms with Crippen molar-refractivity contribution in [1.29, 1.82) is 0 Å². The molecule has 0 saturated carbocycles. The summed E-state index contributed by atoms with van der Waals surface area (Å²) >= 11 is 8.22. The molecule has 98 valence electrons. The van der Waals surface area contributed by atoms with Crippen LogP contribution in [-0.4, -0.2) is 18.6 Å². The van der Waals surface area contributed by atoms with Crippen molar-refractivity contribution in [2.45, 2.75) is 31.8 Å². The fraction of sp³-hybridized carbons (Fsp3) is 0.462. The second-order valence-corrected chi connectivity index (χ2v) is 6.00. The number of halogens is 2. The minimum absolute atomic E-state index is 0.00519. The maximum Gasteiger partial charge on any atom is 0.224 e. The van der Waals surface area contributed by atoms with E-state index in [1.165, 1.54) is 0 Å². The lowest BCUT2D eigenvalue weighted by molar-refractivity contribution is -0.116. The molecule has 1 amide bonds. The third-order valence-electron chi connectivity index (χ3n) is 2.92. The van der Waals surface area contributed by atoms with E-state index in [1.807, 2.05) is 12.1 Å². The number of hydrogen-bond acceptors (Lipinski definition) is 2. The Balaban J connectivity index is 1.84. The van der Waals surface area contributed by atoms with E-state index in [2.05, 4.69) is 27.9 Å². The molecule has 5 heteroatoms. The summed E-state index contributed by atoms with van der Waals surface area (Å²) in [7, 11) is 0. The zero-order valence-corrected chi connectivity index (χ0v) is 12.8. The highest BCUT2D eigenvalue weighted by molar-refractivity contribution is 14.1. The van der Waals surface area contributed by atoms with Gasteiger partial charge in [-0.3, -0.25) is 4.79 Å². The first kappa shape index (κ1) is 14.1. The molecule has 1 N–H and O–H groups in total. The van der Waals surface area contributed by atoms with Crippen molar-refractivity contribution in [3.63, 3.8) is 0 Å². The van der Waals surface area contributed by atoms with Crippen LogP contribution in [0.25, 0.3) is 0 Å². The van der Waals surface area contributed by atoms with Gasteiger partial charge in [-0.1, -0.05) is 11.6 Å². The molecule has 1 aliphatic heterocycles. The molecule has 0 aromatic heterocycles. The van der Waals surface area contributed by atoms with Crippen LogP contribution < -0.4 is 5.32 Å². The van der Waals surface area contributed by atoms with Gasteiger partial charge in [0.2, 0.25) is 5.91 Å². The molecule has 0 spiro atoms. The van der Waals surface area contributed by atoms with Crippen molar-refractivity contribution >= 4 is 45.8 Å². The van der Waals surface area contributed by atoms with Gasteiger partial charge in [-0.2, -0.15) is 0 Å². The van der Waals surface area contributed by atoms with Crippen molar-refractivity contribution in [2.24, 2.45) is 0 Å². The fourth-order valence-corrected chi connectivity index (χ4v) is 2.63. The first-order valence-electron chi connectivity index (χ1n) is 6.01. The van der Waals surface area contributed by atoms with Crippen LogP contribution in [-0.2, 0) is 9.53 Å². The highest BCUT2D eigenvalue weighted by Crippen LogP contribution is 2.24. The van der Waals surface area contributed by atoms with Crippen LogP contribution in [0.1, 0.15) is 25.7 Å². The molecule has 2 rings (SSSR count). The number of carbonyl (C=O) groups excluding carboxylic acids is 1. The van der Waals surface area contributed by atoms with Crippen LogP contribution in [0, 0.1) is 3.57 Å². The van der Waals surface area contributed by atoms with Gasteiger partial charge in [-0.05, 0) is 60.1 Å². The summed E-state index contributed by atoms with van der Waals surface area (Å²) in [5.41, 5.74) is 0.681. The van der Waals surface area contributed by atoms with Crippen molar-refractivity contribution in [2.75, 3.05) is 11.9 Å². The molecule has 1 fully saturated rings. The molecule has 0 aliphatic carbocycles. The number of hydrogen-bond donors (Lipinski definition) is 1. The molecule has 1 saturated heterocycles. The van der Waals surface area contributed by atoms with E-state index in [1.54, 1.807) is 6.07 Å². The van der Waals surface area contributed by atoms with Crippen LogP contribution in [0.15, 0.2) is 18.2 Å². The van der Waals surface area contributed by atoms with Gasteiger partial charge < -0.3 is 10.1 Å². The molecule has 1 aliphatic rings. The van der Waals surface area contributed by atoms with Gasteiger partial charge in [-0.25, -0.2) is 0 Å². The Morgan fingerprint density at radius 2 is 2.39 bits per heavy atom. The minimum Gasteiger partial charge on any atom is -0.378 e. The van der Waals surface area contributed by atoms with E-state index >= 15 is 0 Å². The fourth-order valence-electron chi connectivity index (χ4n) is 1.97. The number of rotatable bonds is 4. The normalized spacial score (nSPS) is 18.9. The second kappa shape index (κ2) is 6.73. The number of amides is 1. The molecule has 1 atom stereocenters. The molecule has 0 radical (unpaired) electrons. The van der Waals surface area contributed by atoms with Gasteiger partial charge in [0.1, 0.15) is 0 Å². The average Bonchev–Trinajstić information content (AvgIpc) is 2.84. The molecular formula is C13H15ClINO2. The van der Waals surface area contributed by atoms with Gasteiger partial charge in [0.25, 0.3) is 0 Å². The van der Waals surface area contributed by atoms with Gasteiger partial charge in [0, 0.05) is 16.6 Å². The summed E-state index contributed by atoms with van der Waals surface area (Å²) in [6, 6.07) is 5.57. The van der Waals surface area contributed by atoms with E-state index in [-0.39, 0.29) is 12.0 Å². The maximum absolute atomic E-state index is 11.8. The molecule has 0 bridgehead atoms. The van der Waals surface area contributed by atoms with Crippen molar-refractivity contribution in [1.82, 2.24) is 0 Å². The highest BCUT2D eigenvalue weighted by atomic mass is 127. The van der Waals surface area contributed by atoms with Crippen LogP contribution in [0.4, 0.5) is 5.69 Å². The molecule has 18 heavy (non-hydrogen) atoms. The Morgan fingerprint density at radius 1 is 1.56 bits per heavy atom. The highest BCUT2D eigenvalue weighted by Gasteiger charge is 2.17. The SMILES string of the molecule is O=C(CCC1CCCO1)Nc1cc(I)ccc1Cl. The monoisotopic (exact) mass is 379 g/mol. The maximum atomic E-state index is 11.8. The summed E-state index contributed by atoms with van der Waals surface area (Å²) in [5.74, 6) is -0.00519. The summed E-state index contributed by atoms with van der Waals surface area (Å²) < 4.78 is 6.54. The predicted octanol–water partition coefficient (Wildman–Crippen LogP) is 3.84. The zero-order chi connectivity index (χ0) is 13.0. The predicted molar refractivity (Wildman–Crippen MR) is 81.0 cm³/mol. The minimum atomic E-state index is -0.00519.